The number of anilines is 1. The lowest BCUT2D eigenvalue weighted by Gasteiger charge is -2.27. The second-order valence-electron chi connectivity index (χ2n) is 6.94. The maximum absolute atomic E-state index is 6.68. The zero-order valence-corrected chi connectivity index (χ0v) is 17.8. The Morgan fingerprint density at radius 2 is 1.79 bits per heavy atom. The highest BCUT2D eigenvalue weighted by molar-refractivity contribution is 7.10. The molecule has 0 saturated carbocycles. The number of hydrazone groups is 1. The van der Waals surface area contributed by atoms with E-state index in [0.29, 0.717) is 16.6 Å². The Balaban J connectivity index is 1.71. The van der Waals surface area contributed by atoms with Gasteiger partial charge in [0.2, 0.25) is 0 Å². The van der Waals surface area contributed by atoms with Crippen LogP contribution in [0.2, 0.25) is 10.0 Å². The number of hydrogen-bond acceptors (Lipinski definition) is 5. The summed E-state index contributed by atoms with van der Waals surface area (Å²) in [6.07, 6.45) is 3.40. The van der Waals surface area contributed by atoms with Crippen LogP contribution in [0.1, 0.15) is 24.4 Å². The normalized spacial score (nSPS) is 13.9. The summed E-state index contributed by atoms with van der Waals surface area (Å²) in [4.78, 5) is 9.07. The number of halogens is 2. The number of aliphatic imine (C=N–C) groups is 1. The summed E-state index contributed by atoms with van der Waals surface area (Å²) >= 11 is 15.0. The van der Waals surface area contributed by atoms with Crippen LogP contribution in [-0.2, 0) is 5.41 Å². The first kappa shape index (κ1) is 19.1. The predicted molar refractivity (Wildman–Crippen MR) is 120 cm³/mol. The molecule has 3 aromatic rings. The molecule has 2 heterocycles. The molecule has 0 fully saturated rings. The maximum atomic E-state index is 6.68. The van der Waals surface area contributed by atoms with Gasteiger partial charge in [0.1, 0.15) is 11.3 Å². The van der Waals surface area contributed by atoms with Crippen LogP contribution >= 0.6 is 34.5 Å². The second-order valence-corrected chi connectivity index (χ2v) is 8.61. The van der Waals surface area contributed by atoms with Crippen LogP contribution in [0.15, 0.2) is 57.9 Å². The van der Waals surface area contributed by atoms with Crippen molar-refractivity contribution in [3.8, 4) is 11.3 Å². The van der Waals surface area contributed by atoms with E-state index in [0.717, 1.165) is 27.5 Å². The van der Waals surface area contributed by atoms with Gasteiger partial charge in [-0.15, -0.1) is 11.3 Å². The van der Waals surface area contributed by atoms with E-state index in [1.165, 1.54) is 0 Å². The minimum Gasteiger partial charge on any atom is -0.268 e. The molecule has 0 spiro atoms. The van der Waals surface area contributed by atoms with Gasteiger partial charge in [0, 0.05) is 38.2 Å². The summed E-state index contributed by atoms with van der Waals surface area (Å²) in [5.41, 5.74) is 3.24. The Morgan fingerprint density at radius 3 is 2.43 bits per heavy atom. The molecular formula is C21H18Cl2N4S. The number of rotatable bonds is 4. The van der Waals surface area contributed by atoms with Crippen LogP contribution in [0, 0.1) is 0 Å². The van der Waals surface area contributed by atoms with Gasteiger partial charge in [0.05, 0.1) is 17.9 Å². The molecule has 0 atom stereocenters. The van der Waals surface area contributed by atoms with Gasteiger partial charge in [-0.05, 0) is 26.0 Å². The minimum absolute atomic E-state index is 0.441. The molecule has 0 aliphatic carbocycles. The van der Waals surface area contributed by atoms with Crippen molar-refractivity contribution in [1.29, 1.82) is 0 Å². The second kappa shape index (κ2) is 7.66. The van der Waals surface area contributed by atoms with Crippen LogP contribution in [-0.4, -0.2) is 24.1 Å². The molecule has 0 unspecified atom stereocenters. The van der Waals surface area contributed by atoms with Gasteiger partial charge < -0.3 is 0 Å². The van der Waals surface area contributed by atoms with Crippen molar-refractivity contribution >= 4 is 52.8 Å². The van der Waals surface area contributed by atoms with Gasteiger partial charge in [-0.25, -0.2) is 9.99 Å². The minimum atomic E-state index is -0.441. The van der Waals surface area contributed by atoms with E-state index in [2.05, 4.69) is 41.5 Å². The van der Waals surface area contributed by atoms with Crippen LogP contribution in [0.5, 0.6) is 0 Å². The fourth-order valence-electron chi connectivity index (χ4n) is 3.16. The van der Waals surface area contributed by atoms with E-state index in [-0.39, 0.29) is 0 Å². The van der Waals surface area contributed by atoms with Gasteiger partial charge >= 0.3 is 0 Å². The molecule has 4 nitrogen and oxygen atoms in total. The number of thiazole rings is 1. The van der Waals surface area contributed by atoms with Crippen molar-refractivity contribution in [3.63, 3.8) is 0 Å². The van der Waals surface area contributed by atoms with E-state index in [4.69, 9.17) is 28.2 Å². The highest BCUT2D eigenvalue weighted by Crippen LogP contribution is 2.44. The molecule has 2 aromatic carbocycles. The van der Waals surface area contributed by atoms with Crippen molar-refractivity contribution in [2.45, 2.75) is 19.3 Å². The zero-order valence-electron chi connectivity index (χ0n) is 15.4. The van der Waals surface area contributed by atoms with Crippen molar-refractivity contribution in [2.75, 3.05) is 11.6 Å². The highest BCUT2D eigenvalue weighted by Gasteiger charge is 2.32. The topological polar surface area (TPSA) is 40.9 Å². The molecule has 4 rings (SSSR count). The number of hydrogen-bond donors (Lipinski definition) is 0. The van der Waals surface area contributed by atoms with Gasteiger partial charge in [0.15, 0.2) is 0 Å². The molecule has 7 heteroatoms. The fraction of sp³-hybridized carbons (Fsp3) is 0.190. The first-order chi connectivity index (χ1) is 13.5. The van der Waals surface area contributed by atoms with E-state index in [9.17, 15) is 0 Å². The molecule has 0 bridgehead atoms. The van der Waals surface area contributed by atoms with Gasteiger partial charge in [-0.1, -0.05) is 53.5 Å². The SMILES string of the molecule is CC(C)(c1nc(-c2ccccc2)cs1)c1c(Cl)cc(N2C=NCC=N2)cc1Cl. The molecular weight excluding hydrogens is 411 g/mol. The molecule has 1 aliphatic rings. The molecule has 28 heavy (non-hydrogen) atoms. The molecule has 1 aromatic heterocycles. The van der Waals surface area contributed by atoms with Crippen molar-refractivity contribution in [1.82, 2.24) is 4.98 Å². The smallest absolute Gasteiger partial charge is 0.112 e. The Bertz CT molecular complexity index is 1020. The Kier molecular flexibility index (Phi) is 5.23. The average Bonchev–Trinajstić information content (AvgIpc) is 3.20. The Morgan fingerprint density at radius 1 is 1.07 bits per heavy atom. The largest absolute Gasteiger partial charge is 0.268 e. The molecule has 0 radical (unpaired) electrons. The van der Waals surface area contributed by atoms with Crippen LogP contribution in [0.3, 0.4) is 0 Å². The number of benzene rings is 2. The third-order valence-electron chi connectivity index (χ3n) is 4.61. The number of nitrogens with zero attached hydrogens (tertiary/aromatic N) is 4. The lowest BCUT2D eigenvalue weighted by atomic mass is 9.85. The third kappa shape index (κ3) is 3.58. The summed E-state index contributed by atoms with van der Waals surface area (Å²) in [6, 6.07) is 13.9. The van der Waals surface area contributed by atoms with Gasteiger partial charge in [-0.3, -0.25) is 4.99 Å². The monoisotopic (exact) mass is 428 g/mol. The first-order valence-corrected chi connectivity index (χ1v) is 10.4. The molecule has 0 saturated heterocycles. The molecule has 0 N–H and O–H groups in total. The molecule has 0 amide bonds. The standard InChI is InChI=1S/C21H18Cl2N4S/c1-21(2,20-26-18(12-28-20)14-6-4-3-5-7-14)19-16(22)10-15(11-17(19)23)27-13-24-8-9-25-27/h3-7,9-13H,8H2,1-2H3. The molecule has 142 valence electrons. The van der Waals surface area contributed by atoms with Crippen LogP contribution in [0.4, 0.5) is 5.69 Å². The summed E-state index contributed by atoms with van der Waals surface area (Å²) in [5.74, 6) is 0. The summed E-state index contributed by atoms with van der Waals surface area (Å²) in [5, 5.41) is 10.2. The Labute approximate surface area is 178 Å². The highest BCUT2D eigenvalue weighted by atomic mass is 35.5. The zero-order chi connectivity index (χ0) is 19.7. The van der Waals surface area contributed by atoms with Crippen molar-refractivity contribution < 1.29 is 0 Å². The van der Waals surface area contributed by atoms with Crippen molar-refractivity contribution in [3.05, 3.63) is 68.5 Å². The lowest BCUT2D eigenvalue weighted by molar-refractivity contribution is 0.636. The van der Waals surface area contributed by atoms with Gasteiger partial charge in [0.25, 0.3) is 0 Å². The lowest BCUT2D eigenvalue weighted by Crippen LogP contribution is -2.22. The van der Waals surface area contributed by atoms with E-state index >= 15 is 0 Å². The Hall–Kier alpha value is -2.21. The fourth-order valence-corrected chi connectivity index (χ4v) is 5.07. The first-order valence-electron chi connectivity index (χ1n) is 8.79. The third-order valence-corrected chi connectivity index (χ3v) is 6.37. The summed E-state index contributed by atoms with van der Waals surface area (Å²) < 4.78 is 0. The molecule has 1 aliphatic heterocycles. The van der Waals surface area contributed by atoms with E-state index in [1.807, 2.05) is 30.3 Å². The summed E-state index contributed by atoms with van der Waals surface area (Å²) in [6.45, 7) is 4.76. The predicted octanol–water partition coefficient (Wildman–Crippen LogP) is 6.28. The van der Waals surface area contributed by atoms with Crippen LogP contribution in [0.25, 0.3) is 11.3 Å². The van der Waals surface area contributed by atoms with E-state index < -0.39 is 5.41 Å². The van der Waals surface area contributed by atoms with E-state index in [1.54, 1.807) is 28.9 Å². The quantitative estimate of drug-likeness (QED) is 0.490. The number of aromatic nitrogens is 1. The summed E-state index contributed by atoms with van der Waals surface area (Å²) in [7, 11) is 0. The maximum Gasteiger partial charge on any atom is 0.112 e. The van der Waals surface area contributed by atoms with Gasteiger partial charge in [-0.2, -0.15) is 5.10 Å². The van der Waals surface area contributed by atoms with Crippen LogP contribution < -0.4 is 5.01 Å². The van der Waals surface area contributed by atoms with Crippen molar-refractivity contribution in [2.24, 2.45) is 10.1 Å². The average molecular weight is 429 g/mol.